The second-order valence-corrected chi connectivity index (χ2v) is 3.54. The van der Waals surface area contributed by atoms with Gasteiger partial charge >= 0.3 is 5.97 Å². The Morgan fingerprint density at radius 3 is 2.67 bits per heavy atom. The number of aromatic nitrogens is 1. The summed E-state index contributed by atoms with van der Waals surface area (Å²) in [5.74, 6) is 5.50. The molecular weight excluding hydrogens is 226 g/mol. The summed E-state index contributed by atoms with van der Waals surface area (Å²) in [6, 6.07) is 12.8. The molecule has 2 aromatic rings. The zero-order valence-electron chi connectivity index (χ0n) is 9.88. The number of pyridine rings is 1. The summed E-state index contributed by atoms with van der Waals surface area (Å²) < 4.78 is 4.64. The molecule has 0 N–H and O–H groups in total. The van der Waals surface area contributed by atoms with Gasteiger partial charge in [-0.3, -0.25) is 0 Å². The number of nitrogens with zero attached hydrogens (tertiary/aromatic N) is 1. The van der Waals surface area contributed by atoms with Gasteiger partial charge in [-0.25, -0.2) is 9.78 Å². The van der Waals surface area contributed by atoms with Crippen LogP contribution < -0.4 is 0 Å². The van der Waals surface area contributed by atoms with Crippen molar-refractivity contribution in [2.75, 3.05) is 7.11 Å². The van der Waals surface area contributed by atoms with E-state index in [1.807, 2.05) is 30.3 Å². The highest BCUT2D eigenvalue weighted by molar-refractivity contribution is 5.89. The minimum Gasteiger partial charge on any atom is -0.465 e. The Morgan fingerprint density at radius 1 is 1.17 bits per heavy atom. The molecule has 0 radical (unpaired) electrons. The van der Waals surface area contributed by atoms with Crippen molar-refractivity contribution < 1.29 is 9.53 Å². The molecule has 0 amide bonds. The van der Waals surface area contributed by atoms with E-state index >= 15 is 0 Å². The number of carbonyl (C=O) groups excluding carboxylic acids is 1. The Kier molecular flexibility index (Phi) is 3.72. The summed E-state index contributed by atoms with van der Waals surface area (Å²) in [5.41, 5.74) is 1.90. The van der Waals surface area contributed by atoms with Gasteiger partial charge in [0, 0.05) is 11.8 Å². The number of methoxy groups -OCH3 is 1. The van der Waals surface area contributed by atoms with Crippen LogP contribution >= 0.6 is 0 Å². The third-order valence-electron chi connectivity index (χ3n) is 2.29. The van der Waals surface area contributed by atoms with Crippen LogP contribution in [0.3, 0.4) is 0 Å². The summed E-state index contributed by atoms with van der Waals surface area (Å²) in [4.78, 5) is 15.4. The second-order valence-electron chi connectivity index (χ2n) is 3.54. The smallest absolute Gasteiger partial charge is 0.338 e. The molecule has 3 heteroatoms. The van der Waals surface area contributed by atoms with Gasteiger partial charge in [0.05, 0.1) is 12.7 Å². The summed E-state index contributed by atoms with van der Waals surface area (Å²) >= 11 is 0. The number of rotatable bonds is 1. The molecule has 0 saturated carbocycles. The molecule has 0 saturated heterocycles. The van der Waals surface area contributed by atoms with Crippen LogP contribution in [-0.2, 0) is 4.74 Å². The van der Waals surface area contributed by atoms with Crippen molar-refractivity contribution >= 4 is 5.97 Å². The van der Waals surface area contributed by atoms with Gasteiger partial charge in [0.2, 0.25) is 0 Å². The molecule has 1 heterocycles. The Hall–Kier alpha value is -2.60. The van der Waals surface area contributed by atoms with Crippen molar-refractivity contribution in [2.45, 2.75) is 0 Å². The number of benzene rings is 1. The zero-order chi connectivity index (χ0) is 12.8. The predicted octanol–water partition coefficient (Wildman–Crippen LogP) is 2.27. The molecule has 0 bridgehead atoms. The molecule has 0 spiro atoms. The van der Waals surface area contributed by atoms with E-state index in [0.717, 1.165) is 5.56 Å². The number of hydrogen-bond donors (Lipinski definition) is 0. The molecule has 0 atom stereocenters. The summed E-state index contributed by atoms with van der Waals surface area (Å²) in [6.45, 7) is 0. The second kappa shape index (κ2) is 5.65. The van der Waals surface area contributed by atoms with Crippen LogP contribution in [0.1, 0.15) is 21.6 Å². The third-order valence-corrected chi connectivity index (χ3v) is 2.29. The summed E-state index contributed by atoms with van der Waals surface area (Å²) in [6.07, 6.45) is 1.54. The van der Waals surface area contributed by atoms with Gasteiger partial charge in [0.25, 0.3) is 0 Å². The van der Waals surface area contributed by atoms with Crippen LogP contribution in [-0.4, -0.2) is 18.1 Å². The maximum absolute atomic E-state index is 11.3. The number of carbonyl (C=O) groups is 1. The first-order valence-electron chi connectivity index (χ1n) is 5.41. The van der Waals surface area contributed by atoms with Crippen LogP contribution in [0.4, 0.5) is 0 Å². The van der Waals surface area contributed by atoms with Crippen LogP contribution in [0.5, 0.6) is 0 Å². The molecule has 2 rings (SSSR count). The third kappa shape index (κ3) is 2.96. The van der Waals surface area contributed by atoms with Crippen molar-refractivity contribution in [1.82, 2.24) is 4.98 Å². The molecular formula is C15H11NO2. The van der Waals surface area contributed by atoms with Crippen molar-refractivity contribution in [2.24, 2.45) is 0 Å². The topological polar surface area (TPSA) is 39.2 Å². The molecule has 1 aromatic heterocycles. The van der Waals surface area contributed by atoms with Gasteiger partial charge < -0.3 is 4.74 Å². The van der Waals surface area contributed by atoms with Crippen molar-refractivity contribution in [3.63, 3.8) is 0 Å². The van der Waals surface area contributed by atoms with Gasteiger partial charge in [-0.05, 0) is 30.2 Å². The first-order chi connectivity index (χ1) is 8.79. The van der Waals surface area contributed by atoms with Crippen LogP contribution in [0.25, 0.3) is 0 Å². The minimum atomic E-state index is -0.389. The van der Waals surface area contributed by atoms with E-state index in [4.69, 9.17) is 0 Å². The number of esters is 1. The van der Waals surface area contributed by atoms with E-state index in [-0.39, 0.29) is 5.97 Å². The Balaban J connectivity index is 2.25. The minimum absolute atomic E-state index is 0.389. The van der Waals surface area contributed by atoms with Gasteiger partial charge in [-0.1, -0.05) is 24.1 Å². The van der Waals surface area contributed by atoms with E-state index in [1.165, 1.54) is 7.11 Å². The zero-order valence-corrected chi connectivity index (χ0v) is 9.88. The standard InChI is InChI=1S/C15H11NO2/c1-18-15(17)13-9-10-16-14(11-13)8-7-12-5-3-2-4-6-12/h2-6,9-11H,1H3. The maximum atomic E-state index is 11.3. The van der Waals surface area contributed by atoms with Crippen LogP contribution in [0.15, 0.2) is 48.7 Å². The van der Waals surface area contributed by atoms with E-state index in [1.54, 1.807) is 18.3 Å². The van der Waals surface area contributed by atoms with E-state index < -0.39 is 0 Å². The predicted molar refractivity (Wildman–Crippen MR) is 68.0 cm³/mol. The Morgan fingerprint density at radius 2 is 1.94 bits per heavy atom. The molecule has 88 valence electrons. The van der Waals surface area contributed by atoms with Gasteiger partial charge in [-0.2, -0.15) is 0 Å². The molecule has 0 aliphatic rings. The van der Waals surface area contributed by atoms with E-state index in [9.17, 15) is 4.79 Å². The Bertz CT molecular complexity index is 609. The molecule has 1 aromatic carbocycles. The number of ether oxygens (including phenoxy) is 1. The highest BCUT2D eigenvalue weighted by Gasteiger charge is 2.04. The lowest BCUT2D eigenvalue weighted by atomic mass is 10.2. The van der Waals surface area contributed by atoms with Gasteiger partial charge in [0.15, 0.2) is 0 Å². The fourth-order valence-electron chi connectivity index (χ4n) is 1.40. The molecule has 3 nitrogen and oxygen atoms in total. The van der Waals surface area contributed by atoms with Gasteiger partial charge in [0.1, 0.15) is 5.69 Å². The normalized spacial score (nSPS) is 9.17. The van der Waals surface area contributed by atoms with Gasteiger partial charge in [-0.15, -0.1) is 0 Å². The molecule has 0 fully saturated rings. The lowest BCUT2D eigenvalue weighted by molar-refractivity contribution is 0.0600. The average molecular weight is 237 g/mol. The Labute approximate surface area is 105 Å². The summed E-state index contributed by atoms with van der Waals surface area (Å²) in [7, 11) is 1.35. The van der Waals surface area contributed by atoms with Crippen molar-refractivity contribution in [3.05, 3.63) is 65.5 Å². The first kappa shape index (κ1) is 11.9. The fraction of sp³-hybridized carbons (Fsp3) is 0.0667. The van der Waals surface area contributed by atoms with E-state index in [0.29, 0.717) is 11.3 Å². The van der Waals surface area contributed by atoms with Crippen LogP contribution in [0, 0.1) is 11.8 Å². The molecule has 18 heavy (non-hydrogen) atoms. The molecule has 0 aliphatic carbocycles. The highest BCUT2D eigenvalue weighted by Crippen LogP contribution is 2.03. The van der Waals surface area contributed by atoms with Crippen molar-refractivity contribution in [3.8, 4) is 11.8 Å². The average Bonchev–Trinajstić information content (AvgIpc) is 2.45. The number of hydrogen-bond acceptors (Lipinski definition) is 3. The molecule has 0 aliphatic heterocycles. The summed E-state index contributed by atoms with van der Waals surface area (Å²) in [5, 5.41) is 0. The highest BCUT2D eigenvalue weighted by atomic mass is 16.5. The SMILES string of the molecule is COC(=O)c1ccnc(C#Cc2ccccc2)c1. The fourth-order valence-corrected chi connectivity index (χ4v) is 1.40. The van der Waals surface area contributed by atoms with Crippen molar-refractivity contribution in [1.29, 1.82) is 0 Å². The largest absolute Gasteiger partial charge is 0.465 e. The van der Waals surface area contributed by atoms with Crippen LogP contribution in [0.2, 0.25) is 0 Å². The monoisotopic (exact) mass is 237 g/mol. The maximum Gasteiger partial charge on any atom is 0.338 e. The quantitative estimate of drug-likeness (QED) is 0.564. The lowest BCUT2D eigenvalue weighted by Gasteiger charge is -1.98. The lowest BCUT2D eigenvalue weighted by Crippen LogP contribution is -2.01. The first-order valence-corrected chi connectivity index (χ1v) is 5.41. The van der Waals surface area contributed by atoms with E-state index in [2.05, 4.69) is 21.6 Å². The molecule has 0 unspecified atom stereocenters.